The molecule has 8 heteroatoms. The molecule has 0 radical (unpaired) electrons. The summed E-state index contributed by atoms with van der Waals surface area (Å²) in [7, 11) is 1.57. The van der Waals surface area contributed by atoms with Crippen LogP contribution in [-0.2, 0) is 7.05 Å². The Morgan fingerprint density at radius 1 is 0.917 bits per heavy atom. The summed E-state index contributed by atoms with van der Waals surface area (Å²) in [4.78, 5) is 22.9. The third-order valence-electron chi connectivity index (χ3n) is 6.05. The van der Waals surface area contributed by atoms with Crippen molar-refractivity contribution in [3.8, 4) is 11.1 Å². The molecule has 0 aliphatic heterocycles. The van der Waals surface area contributed by atoms with E-state index in [0.717, 1.165) is 17.2 Å². The summed E-state index contributed by atoms with van der Waals surface area (Å²) < 4.78 is 29.9. The first kappa shape index (κ1) is 24.5. The molecule has 0 saturated heterocycles. The van der Waals surface area contributed by atoms with Gasteiger partial charge in [0.25, 0.3) is 0 Å². The van der Waals surface area contributed by atoms with Gasteiger partial charge in [-0.05, 0) is 46.5 Å². The first-order valence-electron chi connectivity index (χ1n) is 11.0. The largest absolute Gasteiger partial charge is 0.478 e. The summed E-state index contributed by atoms with van der Waals surface area (Å²) in [5.41, 5.74) is 3.20. The van der Waals surface area contributed by atoms with E-state index in [1.54, 1.807) is 31.3 Å². The maximum Gasteiger partial charge on any atom is 0.335 e. The quantitative estimate of drug-likeness (QED) is 0.206. The van der Waals surface area contributed by atoms with Gasteiger partial charge in [-0.15, -0.1) is 0 Å². The number of halogens is 2. The lowest BCUT2D eigenvalue weighted by atomic mass is 9.84. The van der Waals surface area contributed by atoms with Crippen LogP contribution in [0.3, 0.4) is 0 Å². The zero-order valence-corrected chi connectivity index (χ0v) is 19.2. The highest BCUT2D eigenvalue weighted by atomic mass is 19.1. The number of hydrogen-bond donors (Lipinski definition) is 2. The number of hydrogen-bond acceptors (Lipinski definition) is 4. The molecule has 6 nitrogen and oxygen atoms in total. The van der Waals surface area contributed by atoms with E-state index in [2.05, 4.69) is 5.16 Å². The van der Waals surface area contributed by atoms with Gasteiger partial charge < -0.3 is 14.9 Å². The normalized spacial score (nSPS) is 12.4. The lowest BCUT2D eigenvalue weighted by molar-refractivity contribution is 0.0697. The van der Waals surface area contributed by atoms with Gasteiger partial charge in [0.1, 0.15) is 11.6 Å². The molecule has 2 N–H and O–H groups in total. The molecule has 0 amide bonds. The highest BCUT2D eigenvalue weighted by molar-refractivity contribution is 6.00. The summed E-state index contributed by atoms with van der Waals surface area (Å²) in [6.45, 7) is 0. The van der Waals surface area contributed by atoms with Crippen molar-refractivity contribution in [1.82, 2.24) is 4.57 Å². The monoisotopic (exact) mass is 488 g/mol. The van der Waals surface area contributed by atoms with Crippen LogP contribution in [0.1, 0.15) is 39.4 Å². The van der Waals surface area contributed by atoms with Gasteiger partial charge in [-0.3, -0.25) is 4.79 Å². The number of rotatable bonds is 7. The molecule has 3 aromatic carbocycles. The molecule has 4 aromatic rings. The molecule has 182 valence electrons. The number of nitrogens with zero attached hydrogens (tertiary/aromatic N) is 2. The van der Waals surface area contributed by atoms with Gasteiger partial charge in [0.2, 0.25) is 5.56 Å². The number of carboxylic acids is 1. The van der Waals surface area contributed by atoms with Crippen LogP contribution in [0.25, 0.3) is 11.1 Å². The molecule has 0 saturated carbocycles. The van der Waals surface area contributed by atoms with Crippen LogP contribution in [0.2, 0.25) is 0 Å². The Morgan fingerprint density at radius 2 is 1.53 bits per heavy atom. The highest BCUT2D eigenvalue weighted by Gasteiger charge is 2.22. The molecule has 1 heterocycles. The molecule has 0 aliphatic carbocycles. The first-order valence-corrected chi connectivity index (χ1v) is 11.0. The van der Waals surface area contributed by atoms with E-state index in [1.165, 1.54) is 47.2 Å². The molecule has 36 heavy (non-hydrogen) atoms. The number of oxime groups is 1. The molecule has 4 rings (SSSR count). The van der Waals surface area contributed by atoms with Crippen molar-refractivity contribution in [3.05, 3.63) is 129 Å². The van der Waals surface area contributed by atoms with E-state index < -0.39 is 23.5 Å². The first-order chi connectivity index (χ1) is 17.3. The van der Waals surface area contributed by atoms with E-state index in [4.69, 9.17) is 5.11 Å². The summed E-state index contributed by atoms with van der Waals surface area (Å²) in [6, 6.07) is 19.9. The van der Waals surface area contributed by atoms with Gasteiger partial charge in [0, 0.05) is 43.3 Å². The van der Waals surface area contributed by atoms with E-state index in [9.17, 15) is 23.6 Å². The van der Waals surface area contributed by atoms with E-state index in [0.29, 0.717) is 11.1 Å². The molecule has 0 aliphatic rings. The predicted molar refractivity (Wildman–Crippen MR) is 132 cm³/mol. The van der Waals surface area contributed by atoms with Crippen LogP contribution in [0.15, 0.2) is 95.0 Å². The summed E-state index contributed by atoms with van der Waals surface area (Å²) >= 11 is 0. The minimum Gasteiger partial charge on any atom is -0.478 e. The van der Waals surface area contributed by atoms with E-state index >= 15 is 0 Å². The highest BCUT2D eigenvalue weighted by Crippen LogP contribution is 2.33. The Labute approximate surface area is 205 Å². The number of pyridine rings is 1. The van der Waals surface area contributed by atoms with Crippen LogP contribution in [-0.4, -0.2) is 26.6 Å². The third kappa shape index (κ3) is 5.22. The maximum atomic E-state index is 14.9. The number of carboxylic acid groups (broad SMARTS) is 1. The molecule has 1 aromatic heterocycles. The fourth-order valence-electron chi connectivity index (χ4n) is 4.08. The Kier molecular flexibility index (Phi) is 7.05. The standard InChI is InChI=1S/C28H22F2N2O4/c1-32-16-21(10-13-27(32)33)26(31-36)15-24(23-12-11-22(29)14-25(23)30)19-6-2-17(3-7-19)18-4-8-20(9-5-18)28(34)35/h2-14,16,24,36H,15H2,1H3,(H,34,35)/b31-26-. The fraction of sp³-hybridized carbons (Fsp3) is 0.107. The molecule has 0 spiro atoms. The van der Waals surface area contributed by atoms with Crippen LogP contribution in [0.4, 0.5) is 8.78 Å². The Balaban J connectivity index is 1.72. The summed E-state index contributed by atoms with van der Waals surface area (Å²) in [6.07, 6.45) is 1.60. The van der Waals surface area contributed by atoms with Gasteiger partial charge in [-0.2, -0.15) is 0 Å². The van der Waals surface area contributed by atoms with Gasteiger partial charge in [-0.1, -0.05) is 47.6 Å². The maximum absolute atomic E-state index is 14.9. The van der Waals surface area contributed by atoms with Crippen molar-refractivity contribution >= 4 is 11.7 Å². The summed E-state index contributed by atoms with van der Waals surface area (Å²) in [5, 5.41) is 22.3. The van der Waals surface area contributed by atoms with Crippen LogP contribution < -0.4 is 5.56 Å². The van der Waals surface area contributed by atoms with Crippen LogP contribution in [0, 0.1) is 11.6 Å². The SMILES string of the molecule is Cn1cc(/C(CC(c2ccc(-c3ccc(C(=O)O)cc3)cc2)c2ccc(F)cc2F)=N\O)ccc1=O. The summed E-state index contributed by atoms with van der Waals surface area (Å²) in [5.74, 6) is -3.08. The zero-order valence-electron chi connectivity index (χ0n) is 19.2. The zero-order chi connectivity index (χ0) is 25.8. The molecule has 0 bridgehead atoms. The van der Waals surface area contributed by atoms with E-state index in [-0.39, 0.29) is 28.8 Å². The topological polar surface area (TPSA) is 91.9 Å². The van der Waals surface area contributed by atoms with Gasteiger partial charge in [-0.25, -0.2) is 13.6 Å². The smallest absolute Gasteiger partial charge is 0.335 e. The Hall–Kier alpha value is -4.59. The molecular formula is C28H22F2N2O4. The van der Waals surface area contributed by atoms with Crippen LogP contribution in [0.5, 0.6) is 0 Å². The minimum atomic E-state index is -1.01. The van der Waals surface area contributed by atoms with Crippen molar-refractivity contribution in [2.24, 2.45) is 12.2 Å². The number of benzene rings is 3. The third-order valence-corrected chi connectivity index (χ3v) is 6.05. The van der Waals surface area contributed by atoms with Crippen LogP contribution >= 0.6 is 0 Å². The van der Waals surface area contributed by atoms with E-state index in [1.807, 2.05) is 12.1 Å². The molecule has 0 fully saturated rings. The van der Waals surface area contributed by atoms with Gasteiger partial charge in [0.15, 0.2) is 0 Å². The second-order valence-corrected chi connectivity index (χ2v) is 8.34. The lowest BCUT2D eigenvalue weighted by Gasteiger charge is -2.20. The minimum absolute atomic E-state index is 0.0733. The van der Waals surface area contributed by atoms with Crippen molar-refractivity contribution in [1.29, 1.82) is 0 Å². The average molecular weight is 488 g/mol. The number of carbonyl (C=O) groups is 1. The fourth-order valence-corrected chi connectivity index (χ4v) is 4.08. The second kappa shape index (κ2) is 10.4. The number of aromatic nitrogens is 1. The number of aryl methyl sites for hydroxylation is 1. The number of aromatic carboxylic acids is 1. The van der Waals surface area contributed by atoms with Crippen molar-refractivity contribution in [3.63, 3.8) is 0 Å². The van der Waals surface area contributed by atoms with Gasteiger partial charge in [0.05, 0.1) is 11.3 Å². The molecule has 1 atom stereocenters. The van der Waals surface area contributed by atoms with Crippen molar-refractivity contribution in [2.75, 3.05) is 0 Å². The van der Waals surface area contributed by atoms with Crippen molar-refractivity contribution in [2.45, 2.75) is 12.3 Å². The molecule has 1 unspecified atom stereocenters. The lowest BCUT2D eigenvalue weighted by Crippen LogP contribution is -2.18. The Bertz CT molecular complexity index is 1490. The molecular weight excluding hydrogens is 466 g/mol. The Morgan fingerprint density at radius 3 is 2.08 bits per heavy atom. The second-order valence-electron chi connectivity index (χ2n) is 8.34. The van der Waals surface area contributed by atoms with Gasteiger partial charge >= 0.3 is 5.97 Å². The predicted octanol–water partition coefficient (Wildman–Crippen LogP) is 5.43. The average Bonchev–Trinajstić information content (AvgIpc) is 2.87. The van der Waals surface area contributed by atoms with Crippen molar-refractivity contribution < 1.29 is 23.9 Å².